The van der Waals surface area contributed by atoms with E-state index in [9.17, 15) is 4.79 Å². The summed E-state index contributed by atoms with van der Waals surface area (Å²) < 4.78 is 11.8. The summed E-state index contributed by atoms with van der Waals surface area (Å²) in [6.07, 6.45) is 1.68. The van der Waals surface area contributed by atoms with Crippen LogP contribution in [0.4, 0.5) is 11.5 Å². The van der Waals surface area contributed by atoms with Crippen molar-refractivity contribution >= 4 is 28.2 Å². The molecule has 1 amide bonds. The van der Waals surface area contributed by atoms with E-state index in [1.54, 1.807) is 11.1 Å². The van der Waals surface area contributed by atoms with Gasteiger partial charge in [0.25, 0.3) is 0 Å². The number of nitrogens with one attached hydrogen (secondary N) is 1. The SMILES string of the molecule is CCOc1cc([C@@H](Nc2ccc3c(N)nccc3c2)C(=O)N(C)Cc2ccccc2)ccc1OC(C)C. The molecule has 0 spiro atoms. The number of anilines is 2. The van der Waals surface area contributed by atoms with E-state index < -0.39 is 6.04 Å². The van der Waals surface area contributed by atoms with Crippen molar-refractivity contribution in [3.63, 3.8) is 0 Å². The van der Waals surface area contributed by atoms with E-state index in [0.29, 0.717) is 30.5 Å². The molecular weight excluding hydrogens is 464 g/mol. The Morgan fingerprint density at radius 3 is 2.54 bits per heavy atom. The van der Waals surface area contributed by atoms with Gasteiger partial charge in [-0.05, 0) is 73.7 Å². The highest BCUT2D eigenvalue weighted by Crippen LogP contribution is 2.34. The Balaban J connectivity index is 1.71. The minimum Gasteiger partial charge on any atom is -0.490 e. The van der Waals surface area contributed by atoms with Crippen molar-refractivity contribution < 1.29 is 14.3 Å². The van der Waals surface area contributed by atoms with Gasteiger partial charge in [0.2, 0.25) is 5.91 Å². The van der Waals surface area contributed by atoms with Crippen LogP contribution in [-0.2, 0) is 11.3 Å². The average Bonchev–Trinajstić information content (AvgIpc) is 2.88. The lowest BCUT2D eigenvalue weighted by Crippen LogP contribution is -2.35. The molecule has 0 saturated carbocycles. The first kappa shape index (κ1) is 25.8. The first-order valence-electron chi connectivity index (χ1n) is 12.5. The van der Waals surface area contributed by atoms with Crippen molar-refractivity contribution in [3.05, 3.63) is 90.1 Å². The van der Waals surface area contributed by atoms with E-state index in [1.807, 2.05) is 101 Å². The maximum absolute atomic E-state index is 13.9. The summed E-state index contributed by atoms with van der Waals surface area (Å²) in [5.74, 6) is 1.66. The molecule has 4 rings (SSSR count). The number of nitrogen functional groups attached to an aromatic ring is 1. The van der Waals surface area contributed by atoms with Gasteiger partial charge in [0, 0.05) is 30.9 Å². The standard InChI is InChI=1S/C30H34N4O3/c1-5-36-27-18-23(11-14-26(27)37-20(2)3)28(30(35)34(4)19-21-9-7-6-8-10-21)33-24-12-13-25-22(17-24)15-16-32-29(25)31/h6-18,20,28,33H,5,19H2,1-4H3,(H2,31,32)/t28-/m1/s1. The third-order valence-corrected chi connectivity index (χ3v) is 5.96. The number of hydrogen-bond donors (Lipinski definition) is 2. The van der Waals surface area contributed by atoms with Crippen molar-refractivity contribution in [1.82, 2.24) is 9.88 Å². The Morgan fingerprint density at radius 2 is 1.81 bits per heavy atom. The maximum atomic E-state index is 13.9. The summed E-state index contributed by atoms with van der Waals surface area (Å²) in [4.78, 5) is 19.8. The van der Waals surface area contributed by atoms with Crippen molar-refractivity contribution in [2.24, 2.45) is 0 Å². The molecule has 0 aliphatic carbocycles. The quantitative estimate of drug-likeness (QED) is 0.287. The number of nitrogens with zero attached hydrogens (tertiary/aromatic N) is 2. The first-order chi connectivity index (χ1) is 17.9. The van der Waals surface area contributed by atoms with E-state index in [2.05, 4.69) is 10.3 Å². The fourth-order valence-corrected chi connectivity index (χ4v) is 4.22. The van der Waals surface area contributed by atoms with E-state index in [-0.39, 0.29) is 12.0 Å². The molecule has 0 fully saturated rings. The van der Waals surface area contributed by atoms with Gasteiger partial charge in [0.1, 0.15) is 11.9 Å². The van der Waals surface area contributed by atoms with Crippen LogP contribution in [-0.4, -0.2) is 35.5 Å². The maximum Gasteiger partial charge on any atom is 0.249 e. The van der Waals surface area contributed by atoms with Crippen LogP contribution >= 0.6 is 0 Å². The highest BCUT2D eigenvalue weighted by atomic mass is 16.5. The normalized spacial score (nSPS) is 11.8. The second kappa shape index (κ2) is 11.6. The van der Waals surface area contributed by atoms with Gasteiger partial charge in [-0.2, -0.15) is 0 Å². The first-order valence-corrected chi connectivity index (χ1v) is 12.5. The number of nitrogens with two attached hydrogens (primary N) is 1. The van der Waals surface area contributed by atoms with Gasteiger partial charge < -0.3 is 25.4 Å². The minimum absolute atomic E-state index is 0.00265. The van der Waals surface area contributed by atoms with Crippen molar-refractivity contribution in [2.45, 2.75) is 39.5 Å². The molecule has 0 radical (unpaired) electrons. The van der Waals surface area contributed by atoms with Crippen molar-refractivity contribution in [1.29, 1.82) is 0 Å². The lowest BCUT2D eigenvalue weighted by molar-refractivity contribution is -0.131. The molecule has 37 heavy (non-hydrogen) atoms. The molecule has 4 aromatic rings. The fraction of sp³-hybridized carbons (Fsp3) is 0.267. The highest BCUT2D eigenvalue weighted by molar-refractivity contribution is 5.94. The van der Waals surface area contributed by atoms with E-state index in [1.165, 1.54) is 0 Å². The topological polar surface area (TPSA) is 89.7 Å². The third-order valence-electron chi connectivity index (χ3n) is 5.96. The molecule has 3 aromatic carbocycles. The largest absolute Gasteiger partial charge is 0.490 e. The number of fused-ring (bicyclic) bond motifs is 1. The number of aromatic nitrogens is 1. The van der Waals surface area contributed by atoms with Gasteiger partial charge in [-0.25, -0.2) is 4.98 Å². The molecule has 1 aromatic heterocycles. The zero-order valence-corrected chi connectivity index (χ0v) is 21.8. The van der Waals surface area contributed by atoms with Crippen LogP contribution in [0.3, 0.4) is 0 Å². The zero-order chi connectivity index (χ0) is 26.4. The number of likely N-dealkylation sites (N-methyl/N-ethyl adjacent to an activating group) is 1. The molecule has 7 nitrogen and oxygen atoms in total. The predicted octanol–water partition coefficient (Wildman–Crippen LogP) is 5.81. The van der Waals surface area contributed by atoms with Crippen molar-refractivity contribution in [2.75, 3.05) is 24.7 Å². The van der Waals surface area contributed by atoms with E-state index >= 15 is 0 Å². The summed E-state index contributed by atoms with van der Waals surface area (Å²) >= 11 is 0. The third kappa shape index (κ3) is 6.30. The Morgan fingerprint density at radius 1 is 1.03 bits per heavy atom. The number of benzene rings is 3. The van der Waals surface area contributed by atoms with Gasteiger partial charge in [-0.15, -0.1) is 0 Å². The number of ether oxygens (including phenoxy) is 2. The number of amides is 1. The second-order valence-electron chi connectivity index (χ2n) is 9.20. The molecule has 0 aliphatic heterocycles. The van der Waals surface area contributed by atoms with Crippen LogP contribution in [0.15, 0.2) is 79.0 Å². The molecule has 3 N–H and O–H groups in total. The minimum atomic E-state index is -0.655. The average molecular weight is 499 g/mol. The lowest BCUT2D eigenvalue weighted by Gasteiger charge is -2.27. The van der Waals surface area contributed by atoms with Crippen LogP contribution < -0.4 is 20.5 Å². The molecule has 0 unspecified atom stereocenters. The molecule has 0 saturated heterocycles. The number of carbonyl (C=O) groups excluding carboxylic acids is 1. The van der Waals surface area contributed by atoms with Gasteiger partial charge in [0.15, 0.2) is 11.5 Å². The van der Waals surface area contributed by atoms with Crippen LogP contribution in [0.5, 0.6) is 11.5 Å². The van der Waals surface area contributed by atoms with E-state index in [0.717, 1.165) is 27.6 Å². The number of carbonyl (C=O) groups is 1. The molecule has 0 bridgehead atoms. The monoisotopic (exact) mass is 498 g/mol. The van der Waals surface area contributed by atoms with Crippen LogP contribution in [0.2, 0.25) is 0 Å². The lowest BCUT2D eigenvalue weighted by atomic mass is 10.0. The van der Waals surface area contributed by atoms with Crippen LogP contribution in [0.1, 0.15) is 37.9 Å². The molecule has 192 valence electrons. The summed E-state index contributed by atoms with van der Waals surface area (Å²) in [6, 6.07) is 22.7. The smallest absolute Gasteiger partial charge is 0.249 e. The van der Waals surface area contributed by atoms with Gasteiger partial charge in [-0.3, -0.25) is 4.79 Å². The molecule has 7 heteroatoms. The van der Waals surface area contributed by atoms with E-state index in [4.69, 9.17) is 15.2 Å². The van der Waals surface area contributed by atoms with Crippen LogP contribution in [0, 0.1) is 0 Å². The Kier molecular flexibility index (Phi) is 8.13. The number of hydrogen-bond acceptors (Lipinski definition) is 6. The summed E-state index contributed by atoms with van der Waals surface area (Å²) in [7, 11) is 1.82. The van der Waals surface area contributed by atoms with Crippen LogP contribution in [0.25, 0.3) is 10.8 Å². The van der Waals surface area contributed by atoms with Gasteiger partial charge >= 0.3 is 0 Å². The molecule has 0 aliphatic rings. The van der Waals surface area contributed by atoms with Crippen molar-refractivity contribution in [3.8, 4) is 11.5 Å². The highest BCUT2D eigenvalue weighted by Gasteiger charge is 2.26. The second-order valence-corrected chi connectivity index (χ2v) is 9.20. The Labute approximate surface area is 218 Å². The Hall–Kier alpha value is -4.26. The molecule has 1 heterocycles. The summed E-state index contributed by atoms with van der Waals surface area (Å²) in [6.45, 7) is 6.84. The summed E-state index contributed by atoms with van der Waals surface area (Å²) in [5, 5.41) is 5.26. The predicted molar refractivity (Wildman–Crippen MR) is 149 cm³/mol. The molecular formula is C30H34N4O3. The Bertz CT molecular complexity index is 1360. The number of rotatable bonds is 10. The zero-order valence-electron chi connectivity index (χ0n) is 21.8. The summed E-state index contributed by atoms with van der Waals surface area (Å²) in [5.41, 5.74) is 8.67. The van der Waals surface area contributed by atoms with Gasteiger partial charge in [-0.1, -0.05) is 36.4 Å². The molecule has 1 atom stereocenters. The van der Waals surface area contributed by atoms with Gasteiger partial charge in [0.05, 0.1) is 12.7 Å². The number of pyridine rings is 1. The fourth-order valence-electron chi connectivity index (χ4n) is 4.22.